The van der Waals surface area contributed by atoms with Crippen molar-refractivity contribution < 1.29 is 4.74 Å². The third-order valence-electron chi connectivity index (χ3n) is 2.95. The van der Waals surface area contributed by atoms with Crippen LogP contribution in [-0.4, -0.2) is 17.1 Å². The number of hydrogen-bond donors (Lipinski definition) is 2. The Kier molecular flexibility index (Phi) is 3.69. The molecular formula is C14H13BrN4OS. The number of nitrogens with two attached hydrogens (primary N) is 1. The number of nitrogens with zero attached hydrogens (tertiary/aromatic N) is 2. The molecule has 2 aromatic heterocycles. The van der Waals surface area contributed by atoms with Crippen molar-refractivity contribution in [2.45, 2.75) is 6.92 Å². The third kappa shape index (κ3) is 2.79. The highest BCUT2D eigenvalue weighted by Crippen LogP contribution is 2.33. The van der Waals surface area contributed by atoms with Gasteiger partial charge >= 0.3 is 0 Å². The molecule has 21 heavy (non-hydrogen) atoms. The van der Waals surface area contributed by atoms with E-state index < -0.39 is 0 Å². The first kappa shape index (κ1) is 14.1. The number of nitrogens with one attached hydrogen (secondary N) is 1. The summed E-state index contributed by atoms with van der Waals surface area (Å²) in [5, 5.41) is 4.24. The van der Waals surface area contributed by atoms with Gasteiger partial charge < -0.3 is 15.8 Å². The van der Waals surface area contributed by atoms with Crippen LogP contribution in [0, 0.1) is 6.92 Å². The minimum absolute atomic E-state index is 0.260. The molecule has 2 heterocycles. The van der Waals surface area contributed by atoms with Crippen LogP contribution in [0.2, 0.25) is 0 Å². The van der Waals surface area contributed by atoms with Crippen molar-refractivity contribution in [1.82, 2.24) is 9.97 Å². The van der Waals surface area contributed by atoms with E-state index in [4.69, 9.17) is 10.5 Å². The van der Waals surface area contributed by atoms with Crippen LogP contribution >= 0.6 is 27.3 Å². The lowest BCUT2D eigenvalue weighted by Crippen LogP contribution is -2.00. The van der Waals surface area contributed by atoms with Crippen molar-refractivity contribution in [3.8, 4) is 5.75 Å². The molecule has 0 aliphatic carbocycles. The van der Waals surface area contributed by atoms with Crippen LogP contribution in [0.1, 0.15) is 4.88 Å². The molecule has 0 amide bonds. The molecule has 0 saturated heterocycles. The lowest BCUT2D eigenvalue weighted by Gasteiger charge is -2.10. The number of aryl methyl sites for hydroxylation is 1. The molecule has 5 nitrogen and oxygen atoms in total. The minimum atomic E-state index is 0.260. The Bertz CT molecular complexity index is 818. The molecule has 0 aliphatic heterocycles. The molecule has 0 spiro atoms. The first-order valence-corrected chi connectivity index (χ1v) is 7.82. The van der Waals surface area contributed by atoms with Gasteiger partial charge in [0.2, 0.25) is 5.95 Å². The molecule has 0 bridgehead atoms. The first-order valence-electron chi connectivity index (χ1n) is 6.21. The number of benzene rings is 1. The fourth-order valence-corrected chi connectivity index (χ4v) is 3.32. The highest BCUT2D eigenvalue weighted by molar-refractivity contribution is 9.10. The summed E-state index contributed by atoms with van der Waals surface area (Å²) in [4.78, 5) is 10.6. The molecule has 108 valence electrons. The van der Waals surface area contributed by atoms with Crippen molar-refractivity contribution in [2.75, 3.05) is 18.2 Å². The Morgan fingerprint density at radius 3 is 2.86 bits per heavy atom. The maximum Gasteiger partial charge on any atom is 0.223 e. The van der Waals surface area contributed by atoms with Crippen molar-refractivity contribution in [3.05, 3.63) is 33.6 Å². The molecular weight excluding hydrogens is 352 g/mol. The molecule has 7 heteroatoms. The van der Waals surface area contributed by atoms with E-state index in [1.54, 1.807) is 18.4 Å². The number of halogens is 1. The molecule has 0 radical (unpaired) electrons. The largest absolute Gasteiger partial charge is 0.495 e. The SMILES string of the molecule is COc1cc(Nc2nc(N)nc3sc(C)cc23)ccc1Br. The van der Waals surface area contributed by atoms with Crippen LogP contribution in [0.25, 0.3) is 10.2 Å². The number of ether oxygens (including phenoxy) is 1. The van der Waals surface area contributed by atoms with Gasteiger partial charge in [0.05, 0.1) is 17.0 Å². The van der Waals surface area contributed by atoms with Gasteiger partial charge in [0.25, 0.3) is 0 Å². The summed E-state index contributed by atoms with van der Waals surface area (Å²) < 4.78 is 6.19. The van der Waals surface area contributed by atoms with Gasteiger partial charge in [-0.3, -0.25) is 0 Å². The molecule has 0 fully saturated rings. The molecule has 3 rings (SSSR count). The molecule has 0 unspecified atom stereocenters. The van der Waals surface area contributed by atoms with Gasteiger partial charge in [0, 0.05) is 16.6 Å². The summed E-state index contributed by atoms with van der Waals surface area (Å²) >= 11 is 5.03. The lowest BCUT2D eigenvalue weighted by molar-refractivity contribution is 0.412. The van der Waals surface area contributed by atoms with Crippen molar-refractivity contribution >= 4 is 54.9 Å². The minimum Gasteiger partial charge on any atom is -0.495 e. The second-order valence-corrected chi connectivity index (χ2v) is 6.57. The van der Waals surface area contributed by atoms with E-state index >= 15 is 0 Å². The molecule has 0 saturated carbocycles. The van der Waals surface area contributed by atoms with Crippen LogP contribution in [0.3, 0.4) is 0 Å². The van der Waals surface area contributed by atoms with E-state index in [0.717, 1.165) is 26.1 Å². The number of rotatable bonds is 3. The number of aromatic nitrogens is 2. The number of fused-ring (bicyclic) bond motifs is 1. The highest BCUT2D eigenvalue weighted by atomic mass is 79.9. The normalized spacial score (nSPS) is 10.8. The average Bonchev–Trinajstić information content (AvgIpc) is 2.81. The number of nitrogen functional groups attached to an aromatic ring is 1. The quantitative estimate of drug-likeness (QED) is 0.731. The van der Waals surface area contributed by atoms with E-state index in [0.29, 0.717) is 5.82 Å². The first-order chi connectivity index (χ1) is 10.1. The van der Waals surface area contributed by atoms with Gasteiger partial charge in [-0.25, -0.2) is 4.98 Å². The fourth-order valence-electron chi connectivity index (χ4n) is 2.03. The number of anilines is 3. The smallest absolute Gasteiger partial charge is 0.223 e. The van der Waals surface area contributed by atoms with Gasteiger partial charge in [0.15, 0.2) is 0 Å². The second-order valence-electron chi connectivity index (χ2n) is 4.48. The number of methoxy groups -OCH3 is 1. The second kappa shape index (κ2) is 5.50. The van der Waals surface area contributed by atoms with E-state index in [9.17, 15) is 0 Å². The third-order valence-corrected chi connectivity index (χ3v) is 4.55. The van der Waals surface area contributed by atoms with Crippen molar-refractivity contribution in [2.24, 2.45) is 0 Å². The van der Waals surface area contributed by atoms with Gasteiger partial charge in [-0.05, 0) is 41.1 Å². The Hall–Kier alpha value is -1.86. The number of hydrogen-bond acceptors (Lipinski definition) is 6. The molecule has 3 N–H and O–H groups in total. The summed E-state index contributed by atoms with van der Waals surface area (Å²) in [5.41, 5.74) is 6.65. The summed E-state index contributed by atoms with van der Waals surface area (Å²) in [6.07, 6.45) is 0. The van der Waals surface area contributed by atoms with E-state index in [-0.39, 0.29) is 5.95 Å². The highest BCUT2D eigenvalue weighted by Gasteiger charge is 2.10. The fraction of sp³-hybridized carbons (Fsp3) is 0.143. The van der Waals surface area contributed by atoms with Crippen LogP contribution in [0.4, 0.5) is 17.5 Å². The number of thiophene rings is 1. The molecule has 1 aromatic carbocycles. The van der Waals surface area contributed by atoms with Crippen LogP contribution in [0.15, 0.2) is 28.7 Å². The van der Waals surface area contributed by atoms with Gasteiger partial charge in [-0.15, -0.1) is 11.3 Å². The zero-order valence-electron chi connectivity index (χ0n) is 11.5. The zero-order chi connectivity index (χ0) is 15.0. The van der Waals surface area contributed by atoms with Gasteiger partial charge in [-0.1, -0.05) is 0 Å². The Morgan fingerprint density at radius 1 is 1.29 bits per heavy atom. The standard InChI is InChI=1S/C14H13BrN4OS/c1-7-5-9-12(18-14(16)19-13(9)21-7)17-8-3-4-10(15)11(6-8)20-2/h3-6H,1-2H3,(H3,16,17,18,19). The predicted octanol–water partition coefficient (Wildman–Crippen LogP) is 4.10. The van der Waals surface area contributed by atoms with E-state index in [2.05, 4.69) is 37.3 Å². The van der Waals surface area contributed by atoms with Gasteiger partial charge in [-0.2, -0.15) is 4.98 Å². The summed E-state index contributed by atoms with van der Waals surface area (Å²) in [5.74, 6) is 1.71. The van der Waals surface area contributed by atoms with E-state index in [1.165, 1.54) is 4.88 Å². The van der Waals surface area contributed by atoms with E-state index in [1.807, 2.05) is 25.1 Å². The van der Waals surface area contributed by atoms with Gasteiger partial charge in [0.1, 0.15) is 16.4 Å². The maximum atomic E-state index is 5.78. The molecule has 3 aromatic rings. The van der Waals surface area contributed by atoms with Crippen molar-refractivity contribution in [3.63, 3.8) is 0 Å². The maximum absolute atomic E-state index is 5.78. The molecule has 0 aliphatic rings. The lowest BCUT2D eigenvalue weighted by atomic mass is 10.3. The predicted molar refractivity (Wildman–Crippen MR) is 90.5 cm³/mol. The Balaban J connectivity index is 2.05. The Morgan fingerprint density at radius 2 is 2.10 bits per heavy atom. The van der Waals surface area contributed by atoms with Crippen molar-refractivity contribution in [1.29, 1.82) is 0 Å². The monoisotopic (exact) mass is 364 g/mol. The van der Waals surface area contributed by atoms with Crippen LogP contribution in [-0.2, 0) is 0 Å². The topological polar surface area (TPSA) is 73.1 Å². The Labute approximate surface area is 134 Å². The summed E-state index contributed by atoms with van der Waals surface area (Å²) in [7, 11) is 1.63. The summed E-state index contributed by atoms with van der Waals surface area (Å²) in [6.45, 7) is 2.04. The molecule has 0 atom stereocenters. The summed E-state index contributed by atoms with van der Waals surface area (Å²) in [6, 6.07) is 7.81. The zero-order valence-corrected chi connectivity index (χ0v) is 13.9. The van der Waals surface area contributed by atoms with Crippen LogP contribution in [0.5, 0.6) is 5.75 Å². The van der Waals surface area contributed by atoms with Crippen LogP contribution < -0.4 is 15.8 Å². The average molecular weight is 365 g/mol.